The number of aliphatic hydroxyl groups is 2. The standard InChI is InChI=1S/C10H16O7/c1-4-8(16-5(2)11)9(17-6(3)12)7(13)10(14)15-4/h4,7-10,13-14H,1-3H3/t4-,7+,8+,9-,10+/m0/s1. The zero-order chi connectivity index (χ0) is 13.2. The molecule has 1 fully saturated rings. The Hall–Kier alpha value is -1.18. The molecule has 1 saturated heterocycles. The fourth-order valence-corrected chi connectivity index (χ4v) is 1.68. The summed E-state index contributed by atoms with van der Waals surface area (Å²) in [6, 6.07) is 0. The third-order valence-corrected chi connectivity index (χ3v) is 2.37. The molecule has 0 aromatic rings. The summed E-state index contributed by atoms with van der Waals surface area (Å²) in [5.41, 5.74) is 0. The smallest absolute Gasteiger partial charge is 0.303 e. The van der Waals surface area contributed by atoms with Crippen LogP contribution < -0.4 is 0 Å². The molecule has 1 aliphatic rings. The number of rotatable bonds is 2. The van der Waals surface area contributed by atoms with Crippen LogP contribution in [0.4, 0.5) is 0 Å². The molecular weight excluding hydrogens is 232 g/mol. The molecule has 0 bridgehead atoms. The molecular formula is C10H16O7. The van der Waals surface area contributed by atoms with E-state index >= 15 is 0 Å². The van der Waals surface area contributed by atoms with E-state index in [1.165, 1.54) is 6.92 Å². The van der Waals surface area contributed by atoms with Gasteiger partial charge >= 0.3 is 11.9 Å². The normalized spacial score (nSPS) is 37.4. The van der Waals surface area contributed by atoms with Crippen molar-refractivity contribution < 1.29 is 34.0 Å². The van der Waals surface area contributed by atoms with Crippen LogP contribution in [0, 0.1) is 0 Å². The summed E-state index contributed by atoms with van der Waals surface area (Å²) in [6.45, 7) is 3.89. The maximum absolute atomic E-state index is 10.9. The first-order valence-electron chi connectivity index (χ1n) is 5.19. The molecule has 1 rings (SSSR count). The van der Waals surface area contributed by atoms with Gasteiger partial charge in [0, 0.05) is 13.8 Å². The van der Waals surface area contributed by atoms with Gasteiger partial charge in [-0.1, -0.05) is 0 Å². The molecule has 0 radical (unpaired) electrons. The second-order valence-electron chi connectivity index (χ2n) is 3.87. The largest absolute Gasteiger partial charge is 0.456 e. The zero-order valence-electron chi connectivity index (χ0n) is 9.82. The minimum Gasteiger partial charge on any atom is -0.456 e. The Morgan fingerprint density at radius 2 is 1.53 bits per heavy atom. The van der Waals surface area contributed by atoms with Crippen LogP contribution in [0.25, 0.3) is 0 Å². The van der Waals surface area contributed by atoms with Crippen molar-refractivity contribution in [3.05, 3.63) is 0 Å². The van der Waals surface area contributed by atoms with Crippen molar-refractivity contribution in [2.24, 2.45) is 0 Å². The molecule has 0 aromatic carbocycles. The van der Waals surface area contributed by atoms with Gasteiger partial charge in [-0.3, -0.25) is 9.59 Å². The van der Waals surface area contributed by atoms with E-state index in [0.717, 1.165) is 6.92 Å². The predicted octanol–water partition coefficient (Wildman–Crippen LogP) is -1.05. The molecule has 0 saturated carbocycles. The average Bonchev–Trinajstić information content (AvgIpc) is 2.19. The van der Waals surface area contributed by atoms with Crippen molar-refractivity contribution in [1.82, 2.24) is 0 Å². The van der Waals surface area contributed by atoms with Gasteiger partial charge in [0.15, 0.2) is 18.5 Å². The Bertz CT molecular complexity index is 303. The summed E-state index contributed by atoms with van der Waals surface area (Å²) in [7, 11) is 0. The van der Waals surface area contributed by atoms with Crippen LogP contribution in [0.5, 0.6) is 0 Å². The number of carbonyl (C=O) groups excluding carboxylic acids is 2. The molecule has 2 N–H and O–H groups in total. The fourth-order valence-electron chi connectivity index (χ4n) is 1.68. The van der Waals surface area contributed by atoms with Gasteiger partial charge in [0.05, 0.1) is 6.10 Å². The monoisotopic (exact) mass is 248 g/mol. The van der Waals surface area contributed by atoms with Gasteiger partial charge < -0.3 is 24.4 Å². The first kappa shape index (κ1) is 13.9. The molecule has 1 heterocycles. The molecule has 0 unspecified atom stereocenters. The van der Waals surface area contributed by atoms with E-state index in [2.05, 4.69) is 0 Å². The number of carbonyl (C=O) groups is 2. The lowest BCUT2D eigenvalue weighted by Gasteiger charge is -2.40. The lowest BCUT2D eigenvalue weighted by Crippen LogP contribution is -2.59. The first-order valence-corrected chi connectivity index (χ1v) is 5.19. The summed E-state index contributed by atoms with van der Waals surface area (Å²) in [4.78, 5) is 21.8. The van der Waals surface area contributed by atoms with E-state index in [9.17, 15) is 19.8 Å². The quantitative estimate of drug-likeness (QED) is 0.601. The van der Waals surface area contributed by atoms with Gasteiger partial charge in [-0.05, 0) is 6.92 Å². The van der Waals surface area contributed by atoms with Gasteiger partial charge in [0.25, 0.3) is 0 Å². The zero-order valence-corrected chi connectivity index (χ0v) is 9.82. The fraction of sp³-hybridized carbons (Fsp3) is 0.800. The molecule has 0 spiro atoms. The van der Waals surface area contributed by atoms with Gasteiger partial charge in [-0.15, -0.1) is 0 Å². The molecule has 7 nitrogen and oxygen atoms in total. The van der Waals surface area contributed by atoms with Crippen LogP contribution >= 0.6 is 0 Å². The van der Waals surface area contributed by atoms with E-state index in [-0.39, 0.29) is 0 Å². The molecule has 0 aliphatic carbocycles. The van der Waals surface area contributed by atoms with Crippen molar-refractivity contribution in [2.45, 2.75) is 51.5 Å². The second kappa shape index (κ2) is 5.44. The Morgan fingerprint density at radius 3 is 2.00 bits per heavy atom. The van der Waals surface area contributed by atoms with E-state index < -0.39 is 42.6 Å². The van der Waals surface area contributed by atoms with E-state index in [4.69, 9.17) is 14.2 Å². The lowest BCUT2D eigenvalue weighted by molar-refractivity contribution is -0.284. The maximum atomic E-state index is 10.9. The maximum Gasteiger partial charge on any atom is 0.303 e. The van der Waals surface area contributed by atoms with Crippen LogP contribution in [0.1, 0.15) is 20.8 Å². The molecule has 7 heteroatoms. The second-order valence-corrected chi connectivity index (χ2v) is 3.87. The van der Waals surface area contributed by atoms with Crippen LogP contribution in [-0.4, -0.2) is 52.9 Å². The van der Waals surface area contributed by atoms with Crippen molar-refractivity contribution in [3.8, 4) is 0 Å². The van der Waals surface area contributed by atoms with Crippen LogP contribution in [0.2, 0.25) is 0 Å². The van der Waals surface area contributed by atoms with Crippen LogP contribution in [-0.2, 0) is 23.8 Å². The third kappa shape index (κ3) is 3.39. The van der Waals surface area contributed by atoms with Gasteiger partial charge in [-0.2, -0.15) is 0 Å². The summed E-state index contributed by atoms with van der Waals surface area (Å²) in [5, 5.41) is 19.0. The minimum atomic E-state index is -1.49. The summed E-state index contributed by atoms with van der Waals surface area (Å²) < 4.78 is 14.7. The first-order chi connectivity index (χ1) is 7.82. The number of esters is 2. The Balaban J connectivity index is 2.86. The highest BCUT2D eigenvalue weighted by Gasteiger charge is 2.46. The van der Waals surface area contributed by atoms with Gasteiger partial charge in [0.2, 0.25) is 0 Å². The SMILES string of the molecule is CC(=O)O[C@H]1[C@@H](O)[C@H](O)O[C@@H](C)[C@H]1OC(C)=O. The number of ether oxygens (including phenoxy) is 3. The van der Waals surface area contributed by atoms with Crippen molar-refractivity contribution in [1.29, 1.82) is 0 Å². The third-order valence-electron chi connectivity index (χ3n) is 2.37. The van der Waals surface area contributed by atoms with Crippen molar-refractivity contribution in [3.63, 3.8) is 0 Å². The molecule has 98 valence electrons. The molecule has 17 heavy (non-hydrogen) atoms. The number of aliphatic hydroxyl groups excluding tert-OH is 2. The molecule has 5 atom stereocenters. The Kier molecular flexibility index (Phi) is 4.44. The highest BCUT2D eigenvalue weighted by Crippen LogP contribution is 2.24. The van der Waals surface area contributed by atoms with E-state index in [1.807, 2.05) is 0 Å². The highest BCUT2D eigenvalue weighted by molar-refractivity contribution is 5.67. The molecule has 0 amide bonds. The Labute approximate surface area is 98.3 Å². The van der Waals surface area contributed by atoms with Crippen LogP contribution in [0.15, 0.2) is 0 Å². The number of hydrogen-bond acceptors (Lipinski definition) is 7. The topological polar surface area (TPSA) is 102 Å². The van der Waals surface area contributed by atoms with E-state index in [1.54, 1.807) is 6.92 Å². The molecule has 0 aromatic heterocycles. The van der Waals surface area contributed by atoms with Crippen LogP contribution in [0.3, 0.4) is 0 Å². The highest BCUT2D eigenvalue weighted by atomic mass is 16.7. The van der Waals surface area contributed by atoms with Crippen molar-refractivity contribution >= 4 is 11.9 Å². The van der Waals surface area contributed by atoms with Crippen molar-refractivity contribution in [2.75, 3.05) is 0 Å². The van der Waals surface area contributed by atoms with Gasteiger partial charge in [-0.25, -0.2) is 0 Å². The predicted molar refractivity (Wildman–Crippen MR) is 53.7 cm³/mol. The summed E-state index contributed by atoms with van der Waals surface area (Å²) in [5.74, 6) is -1.24. The Morgan fingerprint density at radius 1 is 1.06 bits per heavy atom. The van der Waals surface area contributed by atoms with E-state index in [0.29, 0.717) is 0 Å². The minimum absolute atomic E-state index is 0.591. The average molecular weight is 248 g/mol. The van der Waals surface area contributed by atoms with Gasteiger partial charge in [0.1, 0.15) is 6.10 Å². The summed E-state index contributed by atoms with van der Waals surface area (Å²) >= 11 is 0. The molecule has 1 aliphatic heterocycles. The lowest BCUT2D eigenvalue weighted by atomic mass is 9.99. The number of hydrogen-bond donors (Lipinski definition) is 2. The summed E-state index contributed by atoms with van der Waals surface area (Å²) in [6.07, 6.45) is -5.73.